The van der Waals surface area contributed by atoms with E-state index in [1.807, 2.05) is 31.2 Å². The second-order valence-corrected chi connectivity index (χ2v) is 10.3. The zero-order valence-corrected chi connectivity index (χ0v) is 20.9. The van der Waals surface area contributed by atoms with Gasteiger partial charge in [-0.2, -0.15) is 0 Å². The van der Waals surface area contributed by atoms with Crippen molar-refractivity contribution in [2.24, 2.45) is 16.6 Å². The monoisotopic (exact) mass is 496 g/mol. The lowest BCUT2D eigenvalue weighted by atomic mass is 9.54. The van der Waals surface area contributed by atoms with Crippen molar-refractivity contribution in [3.8, 4) is 0 Å². The molecule has 3 N–H and O–H groups in total. The highest BCUT2D eigenvalue weighted by molar-refractivity contribution is 6.30. The number of amides is 1. The van der Waals surface area contributed by atoms with E-state index in [9.17, 15) is 14.7 Å². The maximum Gasteiger partial charge on any atom is 0.303 e. The zero-order valence-electron chi connectivity index (χ0n) is 20.2. The molecule has 0 spiro atoms. The van der Waals surface area contributed by atoms with Crippen molar-refractivity contribution in [1.82, 2.24) is 4.98 Å². The zero-order chi connectivity index (χ0) is 25.1. The summed E-state index contributed by atoms with van der Waals surface area (Å²) in [6, 6.07) is 7.64. The van der Waals surface area contributed by atoms with E-state index in [1.165, 1.54) is 11.8 Å². The van der Waals surface area contributed by atoms with Crippen molar-refractivity contribution >= 4 is 29.1 Å². The van der Waals surface area contributed by atoms with Crippen LogP contribution in [0.5, 0.6) is 0 Å². The second kappa shape index (κ2) is 10.4. The summed E-state index contributed by atoms with van der Waals surface area (Å²) in [4.78, 5) is 29.3. The van der Waals surface area contributed by atoms with Crippen LogP contribution < -0.4 is 5.73 Å². The van der Waals surface area contributed by atoms with E-state index >= 15 is 0 Å². The number of oxazole rings is 1. The van der Waals surface area contributed by atoms with Crippen LogP contribution in [0.2, 0.25) is 5.02 Å². The summed E-state index contributed by atoms with van der Waals surface area (Å²) in [6.45, 7) is 1.96. The Kier molecular flexibility index (Phi) is 7.50. The first kappa shape index (κ1) is 25.2. The van der Waals surface area contributed by atoms with Gasteiger partial charge in [-0.25, -0.2) is 4.98 Å². The van der Waals surface area contributed by atoms with Crippen molar-refractivity contribution in [3.05, 3.63) is 70.4 Å². The summed E-state index contributed by atoms with van der Waals surface area (Å²) in [5, 5.41) is 10.3. The number of carboxylic acid groups (broad SMARTS) is 1. The van der Waals surface area contributed by atoms with Gasteiger partial charge in [0.2, 0.25) is 11.8 Å². The minimum absolute atomic E-state index is 0.0309. The van der Waals surface area contributed by atoms with Gasteiger partial charge in [-0.3, -0.25) is 9.59 Å². The number of hydrogen-bond donors (Lipinski definition) is 2. The summed E-state index contributed by atoms with van der Waals surface area (Å²) < 4.78 is 5.83. The fourth-order valence-electron chi connectivity index (χ4n) is 6.13. The number of carbonyl (C=O) groups excluding carboxylic acids is 1. The van der Waals surface area contributed by atoms with Crippen LogP contribution in [0, 0.1) is 10.8 Å². The summed E-state index contributed by atoms with van der Waals surface area (Å²) in [5.41, 5.74) is 8.75. The van der Waals surface area contributed by atoms with Gasteiger partial charge >= 0.3 is 5.97 Å². The van der Waals surface area contributed by atoms with Crippen LogP contribution >= 0.6 is 11.6 Å². The largest absolute Gasteiger partial charge is 0.481 e. The van der Waals surface area contributed by atoms with Crippen LogP contribution in [0.25, 0.3) is 5.57 Å². The molecule has 0 saturated carbocycles. The Balaban J connectivity index is 1.85. The molecule has 1 aromatic heterocycles. The second-order valence-electron chi connectivity index (χ2n) is 9.86. The number of nitrogens with two attached hydrogens (primary N) is 1. The van der Waals surface area contributed by atoms with Crippen LogP contribution in [0.3, 0.4) is 0 Å². The molecule has 2 aliphatic rings. The average molecular weight is 497 g/mol. The molecule has 35 heavy (non-hydrogen) atoms. The van der Waals surface area contributed by atoms with Gasteiger partial charge in [-0.1, -0.05) is 35.4 Å². The van der Waals surface area contributed by atoms with Gasteiger partial charge < -0.3 is 15.3 Å². The SMILES string of the molecule is CC1=C(c2ncco2)C(CCC(=O)O)(C2=CCCCC2)CCC1(CCc1ccc(Cl)cc1)C(N)=O. The first-order valence-corrected chi connectivity index (χ1v) is 12.7. The summed E-state index contributed by atoms with van der Waals surface area (Å²) >= 11 is 6.05. The summed E-state index contributed by atoms with van der Waals surface area (Å²) in [6.07, 6.45) is 12.3. The molecular formula is C28H33ClN2O4. The van der Waals surface area contributed by atoms with Crippen LogP contribution in [0.15, 0.2) is 58.4 Å². The third-order valence-corrected chi connectivity index (χ3v) is 8.34. The molecule has 0 radical (unpaired) electrons. The third-order valence-electron chi connectivity index (χ3n) is 8.09. The van der Waals surface area contributed by atoms with E-state index in [0.717, 1.165) is 42.4 Å². The number of nitrogens with zero attached hydrogens (tertiary/aromatic N) is 1. The van der Waals surface area contributed by atoms with E-state index < -0.39 is 16.8 Å². The molecule has 2 aliphatic carbocycles. The topological polar surface area (TPSA) is 106 Å². The number of allylic oxidation sites excluding steroid dienone is 3. The van der Waals surface area contributed by atoms with Crippen molar-refractivity contribution < 1.29 is 19.1 Å². The van der Waals surface area contributed by atoms with Crippen LogP contribution in [-0.4, -0.2) is 22.0 Å². The Morgan fingerprint density at radius 3 is 2.54 bits per heavy atom. The lowest BCUT2D eigenvalue weighted by Crippen LogP contribution is -2.45. The molecule has 2 unspecified atom stereocenters. The predicted octanol–water partition coefficient (Wildman–Crippen LogP) is 6.35. The number of benzene rings is 1. The van der Waals surface area contributed by atoms with E-state index in [-0.39, 0.29) is 12.3 Å². The normalized spacial score (nSPS) is 24.8. The van der Waals surface area contributed by atoms with Crippen molar-refractivity contribution in [3.63, 3.8) is 0 Å². The first-order valence-electron chi connectivity index (χ1n) is 12.4. The van der Waals surface area contributed by atoms with Crippen molar-refractivity contribution in [1.29, 1.82) is 0 Å². The number of aliphatic carboxylic acids is 1. The Morgan fingerprint density at radius 2 is 1.94 bits per heavy atom. The highest BCUT2D eigenvalue weighted by atomic mass is 35.5. The molecule has 1 aromatic carbocycles. The molecule has 7 heteroatoms. The van der Waals surface area contributed by atoms with Gasteiger partial charge in [0.1, 0.15) is 6.26 Å². The van der Waals surface area contributed by atoms with Gasteiger partial charge in [-0.15, -0.1) is 0 Å². The minimum atomic E-state index is -0.870. The smallest absolute Gasteiger partial charge is 0.303 e. The van der Waals surface area contributed by atoms with E-state index in [1.54, 1.807) is 6.20 Å². The molecule has 1 heterocycles. The predicted molar refractivity (Wildman–Crippen MR) is 136 cm³/mol. The van der Waals surface area contributed by atoms with Crippen LogP contribution in [0.4, 0.5) is 0 Å². The molecule has 1 amide bonds. The Hall–Kier alpha value is -2.86. The van der Waals surface area contributed by atoms with Gasteiger partial charge in [0.05, 0.1) is 11.6 Å². The van der Waals surface area contributed by atoms with Crippen molar-refractivity contribution in [2.75, 3.05) is 0 Å². The Labute approximate surface area is 211 Å². The third kappa shape index (κ3) is 4.94. The fourth-order valence-corrected chi connectivity index (χ4v) is 6.25. The summed E-state index contributed by atoms with van der Waals surface area (Å²) in [5.74, 6) is -0.742. The molecule has 0 saturated heterocycles. The number of carboxylic acids is 1. The van der Waals surface area contributed by atoms with Gasteiger partial charge in [-0.05, 0) is 88.0 Å². The molecular weight excluding hydrogens is 464 g/mol. The Bertz CT molecular complexity index is 1140. The number of aryl methyl sites for hydroxylation is 1. The minimum Gasteiger partial charge on any atom is -0.481 e. The van der Waals surface area contributed by atoms with E-state index in [4.69, 9.17) is 21.8 Å². The quantitative estimate of drug-likeness (QED) is 0.393. The van der Waals surface area contributed by atoms with Gasteiger partial charge in [0.15, 0.2) is 0 Å². The highest BCUT2D eigenvalue weighted by Crippen LogP contribution is 2.60. The molecule has 4 rings (SSSR count). The molecule has 2 aromatic rings. The van der Waals surface area contributed by atoms with E-state index in [0.29, 0.717) is 43.0 Å². The van der Waals surface area contributed by atoms with Gasteiger partial charge in [0.25, 0.3) is 0 Å². The first-order chi connectivity index (χ1) is 16.8. The molecule has 186 valence electrons. The molecule has 0 aliphatic heterocycles. The molecule has 6 nitrogen and oxygen atoms in total. The van der Waals surface area contributed by atoms with Gasteiger partial charge in [0, 0.05) is 22.4 Å². The van der Waals surface area contributed by atoms with Crippen LogP contribution in [-0.2, 0) is 16.0 Å². The number of primary amides is 1. The maximum absolute atomic E-state index is 13.1. The summed E-state index contributed by atoms with van der Waals surface area (Å²) in [7, 11) is 0. The van der Waals surface area contributed by atoms with Crippen molar-refractivity contribution in [2.45, 2.75) is 71.1 Å². The number of halogens is 1. The van der Waals surface area contributed by atoms with Crippen LogP contribution in [0.1, 0.15) is 76.2 Å². The molecule has 2 atom stereocenters. The lowest BCUT2D eigenvalue weighted by molar-refractivity contribution is -0.137. The Morgan fingerprint density at radius 1 is 1.17 bits per heavy atom. The molecule has 0 fully saturated rings. The standard InChI is InChI=1S/C28H33ClN2O4/c1-19-24(25-31-17-18-35-25)28(14-12-23(32)33,21-5-3-2-4-6-21)16-15-27(19,26(30)34)13-11-20-7-9-22(29)10-8-20/h5,7-10,17-18H,2-4,6,11-16H2,1H3,(H2,30,34)(H,32,33). The highest BCUT2D eigenvalue weighted by Gasteiger charge is 2.52. The fraction of sp³-hybridized carbons (Fsp3) is 0.464. The number of aromatic nitrogens is 1. The lowest BCUT2D eigenvalue weighted by Gasteiger charge is -2.48. The average Bonchev–Trinajstić information content (AvgIpc) is 3.38. The number of hydrogen-bond acceptors (Lipinski definition) is 4. The number of rotatable bonds is 9. The molecule has 0 bridgehead atoms. The number of carbonyl (C=O) groups is 2. The maximum atomic E-state index is 13.1. The van der Waals surface area contributed by atoms with E-state index in [2.05, 4.69) is 11.1 Å².